The van der Waals surface area contributed by atoms with Crippen LogP contribution in [0.2, 0.25) is 0 Å². The molecule has 2 atom stereocenters. The average Bonchev–Trinajstić information content (AvgIpc) is 2.64. The van der Waals surface area contributed by atoms with E-state index < -0.39 is 0 Å². The molecule has 104 valence electrons. The topological polar surface area (TPSA) is 38.3 Å². The molecule has 1 N–H and O–H groups in total. The Hall–Kier alpha value is -0.570. The van der Waals surface area contributed by atoms with Gasteiger partial charge in [0, 0.05) is 12.1 Å². The first kappa shape index (κ1) is 13.9. The Labute approximate surface area is 111 Å². The van der Waals surface area contributed by atoms with Crippen LogP contribution >= 0.6 is 0 Å². The highest BCUT2D eigenvalue weighted by Crippen LogP contribution is 2.27. The molecule has 0 spiro atoms. The summed E-state index contributed by atoms with van der Waals surface area (Å²) in [6.45, 7) is 0. The second-order valence-corrected chi connectivity index (χ2v) is 5.88. The third-order valence-electron chi connectivity index (χ3n) is 4.57. The molecule has 0 aromatic carbocycles. The van der Waals surface area contributed by atoms with Crippen LogP contribution in [-0.4, -0.2) is 25.2 Å². The van der Waals surface area contributed by atoms with Crippen LogP contribution < -0.4 is 5.32 Å². The van der Waals surface area contributed by atoms with E-state index in [0.717, 1.165) is 12.8 Å². The van der Waals surface area contributed by atoms with Crippen LogP contribution in [0, 0.1) is 5.92 Å². The molecule has 3 nitrogen and oxygen atoms in total. The molecule has 2 fully saturated rings. The molecule has 0 heterocycles. The molecule has 0 bridgehead atoms. The van der Waals surface area contributed by atoms with Crippen molar-refractivity contribution in [1.82, 2.24) is 5.32 Å². The molecule has 0 aliphatic heterocycles. The SMILES string of the molecule is COC(=O)[C@H]1CCCCC[C@@H]1NC1CCCCC1. The van der Waals surface area contributed by atoms with Crippen LogP contribution in [0.3, 0.4) is 0 Å². The first-order valence-electron chi connectivity index (χ1n) is 7.65. The van der Waals surface area contributed by atoms with Crippen LogP contribution in [0.1, 0.15) is 64.2 Å². The summed E-state index contributed by atoms with van der Waals surface area (Å²) >= 11 is 0. The predicted octanol–water partition coefficient (Wildman–Crippen LogP) is 3.03. The van der Waals surface area contributed by atoms with Gasteiger partial charge >= 0.3 is 5.97 Å². The van der Waals surface area contributed by atoms with Crippen LogP contribution in [0.5, 0.6) is 0 Å². The Balaban J connectivity index is 1.93. The first-order valence-corrected chi connectivity index (χ1v) is 7.65. The molecule has 18 heavy (non-hydrogen) atoms. The van der Waals surface area contributed by atoms with Crippen molar-refractivity contribution >= 4 is 5.97 Å². The van der Waals surface area contributed by atoms with Gasteiger partial charge in [-0.15, -0.1) is 0 Å². The molecular formula is C15H27NO2. The average molecular weight is 253 g/mol. The number of ether oxygens (including phenoxy) is 1. The van der Waals surface area contributed by atoms with E-state index in [0.29, 0.717) is 12.1 Å². The molecule has 0 aromatic rings. The highest BCUT2D eigenvalue weighted by atomic mass is 16.5. The highest BCUT2D eigenvalue weighted by Gasteiger charge is 2.31. The zero-order valence-electron chi connectivity index (χ0n) is 11.6. The number of methoxy groups -OCH3 is 1. The lowest BCUT2D eigenvalue weighted by molar-refractivity contribution is -0.146. The molecular weight excluding hydrogens is 226 g/mol. The number of nitrogens with one attached hydrogen (secondary N) is 1. The van der Waals surface area contributed by atoms with Gasteiger partial charge in [0.1, 0.15) is 0 Å². The summed E-state index contributed by atoms with van der Waals surface area (Å²) in [5.74, 6) is 0.0737. The molecule has 0 radical (unpaired) electrons. The van der Waals surface area contributed by atoms with Gasteiger partial charge in [-0.1, -0.05) is 38.5 Å². The lowest BCUT2D eigenvalue weighted by Gasteiger charge is -2.31. The van der Waals surface area contributed by atoms with Crippen LogP contribution in [0.15, 0.2) is 0 Å². The molecule has 2 rings (SSSR count). The van der Waals surface area contributed by atoms with Gasteiger partial charge in [-0.2, -0.15) is 0 Å². The normalized spacial score (nSPS) is 30.7. The van der Waals surface area contributed by atoms with Crippen molar-refractivity contribution in [3.63, 3.8) is 0 Å². The number of rotatable bonds is 3. The van der Waals surface area contributed by atoms with Crippen molar-refractivity contribution in [3.8, 4) is 0 Å². The molecule has 0 aromatic heterocycles. The lowest BCUT2D eigenvalue weighted by Crippen LogP contribution is -2.45. The van der Waals surface area contributed by atoms with Crippen molar-refractivity contribution in [2.45, 2.75) is 76.3 Å². The van der Waals surface area contributed by atoms with E-state index in [9.17, 15) is 4.79 Å². The maximum Gasteiger partial charge on any atom is 0.310 e. The summed E-state index contributed by atoms with van der Waals surface area (Å²) in [6, 6.07) is 0.983. The third kappa shape index (κ3) is 3.71. The summed E-state index contributed by atoms with van der Waals surface area (Å²) in [5.41, 5.74) is 0. The number of hydrogen-bond acceptors (Lipinski definition) is 3. The zero-order chi connectivity index (χ0) is 12.8. The minimum absolute atomic E-state index is 0.00907. The Morgan fingerprint density at radius 1 is 0.944 bits per heavy atom. The molecule has 2 aliphatic carbocycles. The van der Waals surface area contributed by atoms with Crippen molar-refractivity contribution in [2.75, 3.05) is 7.11 Å². The monoisotopic (exact) mass is 253 g/mol. The second-order valence-electron chi connectivity index (χ2n) is 5.88. The standard InChI is InChI=1S/C15H27NO2/c1-18-15(17)13-10-6-3-7-11-14(13)16-12-8-4-2-5-9-12/h12-14,16H,2-11H2,1H3/t13-,14-/m0/s1. The van der Waals surface area contributed by atoms with Gasteiger partial charge in [-0.3, -0.25) is 4.79 Å². The highest BCUT2D eigenvalue weighted by molar-refractivity contribution is 5.73. The third-order valence-corrected chi connectivity index (χ3v) is 4.57. The van der Waals surface area contributed by atoms with Crippen LogP contribution in [-0.2, 0) is 9.53 Å². The number of carbonyl (C=O) groups is 1. The Morgan fingerprint density at radius 3 is 2.22 bits per heavy atom. The van der Waals surface area contributed by atoms with Crippen molar-refractivity contribution in [1.29, 1.82) is 0 Å². The van der Waals surface area contributed by atoms with Gasteiger partial charge in [0.25, 0.3) is 0 Å². The molecule has 2 aliphatic rings. The first-order chi connectivity index (χ1) is 8.81. The number of esters is 1. The maximum atomic E-state index is 11.9. The quantitative estimate of drug-likeness (QED) is 0.620. The van der Waals surface area contributed by atoms with Gasteiger partial charge in [-0.25, -0.2) is 0 Å². The minimum Gasteiger partial charge on any atom is -0.469 e. The van der Waals surface area contributed by atoms with Gasteiger partial charge < -0.3 is 10.1 Å². The fraction of sp³-hybridized carbons (Fsp3) is 0.933. The molecule has 2 saturated carbocycles. The van der Waals surface area contributed by atoms with Gasteiger partial charge in [0.15, 0.2) is 0 Å². The Morgan fingerprint density at radius 2 is 1.56 bits per heavy atom. The Kier molecular flexibility index (Phi) is 5.48. The second kappa shape index (κ2) is 7.13. The smallest absolute Gasteiger partial charge is 0.310 e. The Bertz CT molecular complexity index is 261. The van der Waals surface area contributed by atoms with Gasteiger partial charge in [-0.05, 0) is 25.7 Å². The fourth-order valence-electron chi connectivity index (χ4n) is 3.51. The lowest BCUT2D eigenvalue weighted by atomic mass is 9.90. The predicted molar refractivity (Wildman–Crippen MR) is 72.4 cm³/mol. The van der Waals surface area contributed by atoms with Crippen LogP contribution in [0.4, 0.5) is 0 Å². The number of carbonyl (C=O) groups excluding carboxylic acids is 1. The molecule has 3 heteroatoms. The van der Waals surface area contributed by atoms with E-state index in [2.05, 4.69) is 5.32 Å². The van der Waals surface area contributed by atoms with E-state index in [-0.39, 0.29) is 11.9 Å². The molecule has 0 amide bonds. The van der Waals surface area contributed by atoms with Crippen molar-refractivity contribution < 1.29 is 9.53 Å². The fourth-order valence-corrected chi connectivity index (χ4v) is 3.51. The number of hydrogen-bond donors (Lipinski definition) is 1. The molecule has 0 saturated heterocycles. The van der Waals surface area contributed by atoms with E-state index in [1.165, 1.54) is 58.5 Å². The van der Waals surface area contributed by atoms with Crippen LogP contribution in [0.25, 0.3) is 0 Å². The summed E-state index contributed by atoms with van der Waals surface area (Å²) in [7, 11) is 1.52. The largest absolute Gasteiger partial charge is 0.469 e. The van der Waals surface area contributed by atoms with E-state index in [4.69, 9.17) is 4.74 Å². The van der Waals surface area contributed by atoms with Gasteiger partial charge in [0.2, 0.25) is 0 Å². The summed E-state index contributed by atoms with van der Waals surface area (Å²) in [6.07, 6.45) is 12.4. The maximum absolute atomic E-state index is 11.9. The van der Waals surface area contributed by atoms with E-state index in [1.54, 1.807) is 0 Å². The summed E-state index contributed by atoms with van der Waals surface area (Å²) < 4.78 is 4.99. The van der Waals surface area contributed by atoms with Crippen molar-refractivity contribution in [2.24, 2.45) is 5.92 Å². The van der Waals surface area contributed by atoms with Gasteiger partial charge in [0.05, 0.1) is 13.0 Å². The molecule has 0 unspecified atom stereocenters. The van der Waals surface area contributed by atoms with E-state index in [1.807, 2.05) is 0 Å². The summed E-state index contributed by atoms with van der Waals surface area (Å²) in [5, 5.41) is 3.76. The summed E-state index contributed by atoms with van der Waals surface area (Å²) in [4.78, 5) is 11.9. The zero-order valence-corrected chi connectivity index (χ0v) is 11.6. The van der Waals surface area contributed by atoms with Crippen molar-refractivity contribution in [3.05, 3.63) is 0 Å². The minimum atomic E-state index is -0.00907. The van der Waals surface area contributed by atoms with E-state index >= 15 is 0 Å².